The molecule has 0 fully saturated rings. The Morgan fingerprint density at radius 2 is 1.46 bits per heavy atom. The van der Waals surface area contributed by atoms with E-state index in [1.54, 1.807) is 24.1 Å². The van der Waals surface area contributed by atoms with Crippen LogP contribution in [0.5, 0.6) is 0 Å². The monoisotopic (exact) mass is 379 g/mol. The largest absolute Gasteiger partial charge is 0.308 e. The van der Waals surface area contributed by atoms with Crippen molar-refractivity contribution in [1.82, 2.24) is 0 Å². The van der Waals surface area contributed by atoms with Gasteiger partial charge in [0.1, 0.15) is 0 Å². The average molecular weight is 379 g/mol. The zero-order valence-corrected chi connectivity index (χ0v) is 15.9. The van der Waals surface area contributed by atoms with Crippen LogP contribution >= 0.6 is 11.8 Å². The van der Waals surface area contributed by atoms with E-state index < -0.39 is 0 Å². The molecule has 0 bridgehead atoms. The Labute approximate surface area is 168 Å². The molecular weight excluding hydrogens is 362 g/mol. The Bertz CT molecular complexity index is 1110. The lowest BCUT2D eigenvalue weighted by atomic mass is 9.95. The third kappa shape index (κ3) is 2.81. The summed E-state index contributed by atoms with van der Waals surface area (Å²) in [5.74, 6) is 0. The number of fused-ring (bicyclic) bond motifs is 2. The molecule has 134 valence electrons. The van der Waals surface area contributed by atoms with Crippen LogP contribution in [0.4, 0.5) is 17.1 Å². The summed E-state index contributed by atoms with van der Waals surface area (Å²) in [7, 11) is 0. The number of allylic oxidation sites excluding steroid dienone is 1. The van der Waals surface area contributed by atoms with Crippen molar-refractivity contribution in [2.75, 3.05) is 4.90 Å². The van der Waals surface area contributed by atoms with Gasteiger partial charge in [0, 0.05) is 33.6 Å². The van der Waals surface area contributed by atoms with E-state index in [0.29, 0.717) is 6.42 Å². The highest BCUT2D eigenvalue weighted by atomic mass is 32.2. The fourth-order valence-corrected chi connectivity index (χ4v) is 4.83. The summed E-state index contributed by atoms with van der Waals surface area (Å²) in [6.07, 6.45) is 4.20. The summed E-state index contributed by atoms with van der Waals surface area (Å²) in [4.78, 5) is 9.48. The summed E-state index contributed by atoms with van der Waals surface area (Å²) in [6.45, 7) is 0. The molecule has 2 aliphatic rings. The molecule has 0 amide bonds. The van der Waals surface area contributed by atoms with E-state index in [1.165, 1.54) is 21.2 Å². The normalized spacial score (nSPS) is 17.3. The van der Waals surface area contributed by atoms with Crippen molar-refractivity contribution in [3.63, 3.8) is 0 Å². The molecular formula is C24H17N3S. The molecule has 3 aromatic rings. The first-order valence-corrected chi connectivity index (χ1v) is 10.0. The molecule has 4 heteroatoms. The van der Waals surface area contributed by atoms with Gasteiger partial charge in [0.25, 0.3) is 0 Å². The van der Waals surface area contributed by atoms with E-state index in [2.05, 4.69) is 88.8 Å². The molecule has 28 heavy (non-hydrogen) atoms. The number of hydrogen-bond acceptors (Lipinski definition) is 4. The van der Waals surface area contributed by atoms with E-state index in [1.807, 2.05) is 0 Å². The molecule has 5 rings (SSSR count). The number of rotatable bonds is 2. The molecule has 0 N–H and O–H groups in total. The topological polar surface area (TPSA) is 39.4 Å². The molecule has 0 spiro atoms. The second-order valence-corrected chi connectivity index (χ2v) is 7.84. The summed E-state index contributed by atoms with van der Waals surface area (Å²) in [6, 6.07) is 27.6. The lowest BCUT2D eigenvalue weighted by Gasteiger charge is -2.35. The van der Waals surface area contributed by atoms with Crippen LogP contribution in [0.1, 0.15) is 18.0 Å². The Morgan fingerprint density at radius 1 is 0.857 bits per heavy atom. The number of aliphatic imine (C=N–C) groups is 1. The molecule has 0 radical (unpaired) electrons. The predicted molar refractivity (Wildman–Crippen MR) is 115 cm³/mol. The van der Waals surface area contributed by atoms with Crippen LogP contribution in [0.3, 0.4) is 0 Å². The molecule has 1 unspecified atom stereocenters. The van der Waals surface area contributed by atoms with Crippen molar-refractivity contribution in [2.24, 2.45) is 4.99 Å². The van der Waals surface area contributed by atoms with E-state index in [-0.39, 0.29) is 6.04 Å². The smallest absolute Gasteiger partial charge is 0.0948 e. The molecule has 0 aromatic heterocycles. The third-order valence-electron chi connectivity index (χ3n) is 5.07. The number of hydrogen-bond donors (Lipinski definition) is 0. The van der Waals surface area contributed by atoms with Crippen LogP contribution in [0, 0.1) is 11.3 Å². The maximum atomic E-state index is 9.34. The van der Waals surface area contributed by atoms with Gasteiger partial charge < -0.3 is 4.90 Å². The molecule has 1 atom stereocenters. The minimum Gasteiger partial charge on any atom is -0.308 e. The van der Waals surface area contributed by atoms with Crippen LogP contribution in [-0.4, -0.2) is 6.21 Å². The van der Waals surface area contributed by atoms with Gasteiger partial charge in [-0.3, -0.25) is 4.99 Å². The SMILES string of the molecule is N#CC1=CC=NC(c2ccccc2N2c3ccccc3Sc3ccccc32)C1. The van der Waals surface area contributed by atoms with Crippen molar-refractivity contribution >= 4 is 35.0 Å². The van der Waals surface area contributed by atoms with Gasteiger partial charge in [-0.05, 0) is 36.4 Å². The Kier molecular flexibility index (Phi) is 4.23. The van der Waals surface area contributed by atoms with Crippen LogP contribution in [0.25, 0.3) is 0 Å². The Hall–Kier alpha value is -3.29. The fraction of sp³-hybridized carbons (Fsp3) is 0.0833. The molecule has 0 aliphatic carbocycles. The van der Waals surface area contributed by atoms with Gasteiger partial charge in [0.15, 0.2) is 0 Å². The number of anilines is 3. The van der Waals surface area contributed by atoms with E-state index in [9.17, 15) is 5.26 Å². The highest BCUT2D eigenvalue weighted by molar-refractivity contribution is 7.99. The molecule has 0 saturated heterocycles. The summed E-state index contributed by atoms with van der Waals surface area (Å²) < 4.78 is 0. The van der Waals surface area contributed by atoms with Crippen molar-refractivity contribution < 1.29 is 0 Å². The minimum atomic E-state index is -0.0512. The maximum Gasteiger partial charge on any atom is 0.0948 e. The van der Waals surface area contributed by atoms with Gasteiger partial charge in [-0.1, -0.05) is 54.2 Å². The molecule has 3 aromatic carbocycles. The quantitative estimate of drug-likeness (QED) is 0.394. The van der Waals surface area contributed by atoms with Gasteiger partial charge in [0.2, 0.25) is 0 Å². The summed E-state index contributed by atoms with van der Waals surface area (Å²) >= 11 is 1.80. The number of para-hydroxylation sites is 3. The fourth-order valence-electron chi connectivity index (χ4n) is 3.78. The average Bonchev–Trinajstić information content (AvgIpc) is 2.77. The summed E-state index contributed by atoms with van der Waals surface area (Å²) in [5.41, 5.74) is 5.37. The van der Waals surface area contributed by atoms with Gasteiger partial charge in [-0.25, -0.2) is 0 Å². The molecule has 2 heterocycles. The van der Waals surface area contributed by atoms with Crippen LogP contribution < -0.4 is 4.90 Å². The van der Waals surface area contributed by atoms with Crippen LogP contribution in [0.2, 0.25) is 0 Å². The van der Waals surface area contributed by atoms with Gasteiger partial charge >= 0.3 is 0 Å². The summed E-state index contributed by atoms with van der Waals surface area (Å²) in [5, 5.41) is 9.34. The third-order valence-corrected chi connectivity index (χ3v) is 6.20. The zero-order valence-electron chi connectivity index (χ0n) is 15.1. The Balaban J connectivity index is 1.68. The van der Waals surface area contributed by atoms with Crippen molar-refractivity contribution in [3.05, 3.63) is 90.0 Å². The molecule has 2 aliphatic heterocycles. The first-order chi connectivity index (χ1) is 13.8. The number of nitriles is 1. The number of benzene rings is 3. The number of dihydropyridines is 1. The van der Waals surface area contributed by atoms with Crippen LogP contribution in [-0.2, 0) is 0 Å². The lowest BCUT2D eigenvalue weighted by Crippen LogP contribution is -2.17. The highest BCUT2D eigenvalue weighted by Crippen LogP contribution is 2.52. The van der Waals surface area contributed by atoms with Gasteiger partial charge in [-0.15, -0.1) is 0 Å². The van der Waals surface area contributed by atoms with Crippen molar-refractivity contribution in [3.8, 4) is 6.07 Å². The Morgan fingerprint density at radius 3 is 2.14 bits per heavy atom. The van der Waals surface area contributed by atoms with Crippen molar-refractivity contribution in [2.45, 2.75) is 22.3 Å². The molecule has 0 saturated carbocycles. The second-order valence-electron chi connectivity index (χ2n) is 6.75. The van der Waals surface area contributed by atoms with E-state index >= 15 is 0 Å². The predicted octanol–water partition coefficient (Wildman–Crippen LogP) is 6.59. The highest BCUT2D eigenvalue weighted by Gasteiger charge is 2.28. The second kappa shape index (κ2) is 7.03. The lowest BCUT2D eigenvalue weighted by molar-refractivity contribution is 0.725. The first kappa shape index (κ1) is 16.9. The molecule has 3 nitrogen and oxygen atoms in total. The van der Waals surface area contributed by atoms with Crippen molar-refractivity contribution in [1.29, 1.82) is 5.26 Å². The maximum absolute atomic E-state index is 9.34. The van der Waals surface area contributed by atoms with Gasteiger partial charge in [0.05, 0.1) is 29.2 Å². The first-order valence-electron chi connectivity index (χ1n) is 9.22. The number of nitrogens with zero attached hydrogens (tertiary/aromatic N) is 3. The van der Waals surface area contributed by atoms with E-state index in [0.717, 1.165) is 16.8 Å². The van der Waals surface area contributed by atoms with E-state index in [4.69, 9.17) is 0 Å². The minimum absolute atomic E-state index is 0.0512. The van der Waals surface area contributed by atoms with Crippen LogP contribution in [0.15, 0.2) is 99.2 Å². The van der Waals surface area contributed by atoms with Gasteiger partial charge in [-0.2, -0.15) is 5.26 Å². The zero-order chi connectivity index (χ0) is 18.9. The standard InChI is InChI=1S/C24H17N3S/c25-16-17-13-14-26-19(15-17)18-7-1-2-8-20(18)27-21-9-3-5-11-23(21)28-24-12-6-4-10-22(24)27/h1-14,19H,15H2.